The number of hydrogen-bond acceptors (Lipinski definition) is 3. The molecule has 2 nitrogen and oxygen atoms in total. The van der Waals surface area contributed by atoms with E-state index in [4.69, 9.17) is 11.5 Å². The van der Waals surface area contributed by atoms with E-state index in [1.54, 1.807) is 0 Å². The Morgan fingerprint density at radius 1 is 0.625 bits per heavy atom. The molecule has 0 radical (unpaired) electrons. The number of rotatable bonds is 1. The molecule has 134 valence electrons. The van der Waals surface area contributed by atoms with Crippen molar-refractivity contribution in [3.8, 4) is 0 Å². The van der Waals surface area contributed by atoms with E-state index in [0.29, 0.717) is 13.1 Å². The molecule has 24 heavy (non-hydrogen) atoms. The van der Waals surface area contributed by atoms with Gasteiger partial charge in [-0.1, -0.05) is 18.2 Å². The molecule has 0 heterocycles. The van der Waals surface area contributed by atoms with Gasteiger partial charge in [-0.3, -0.25) is 0 Å². The Balaban J connectivity index is 0. The van der Waals surface area contributed by atoms with Gasteiger partial charge >= 0.3 is 19.5 Å². The maximum atomic E-state index is 4.90. The first-order valence-electron chi connectivity index (χ1n) is 7.95. The Hall–Kier alpha value is -0.667. The minimum atomic E-state index is 0. The van der Waals surface area contributed by atoms with Crippen molar-refractivity contribution < 1.29 is 19.5 Å². The van der Waals surface area contributed by atoms with Gasteiger partial charge in [-0.2, -0.15) is 0 Å². The van der Waals surface area contributed by atoms with E-state index < -0.39 is 0 Å². The summed E-state index contributed by atoms with van der Waals surface area (Å²) in [6, 6.07) is 9.79. The predicted octanol–water partition coefficient (Wildman–Crippen LogP) is 4.41. The largest absolute Gasteiger partial charge is 2.00 e. The third-order valence-corrected chi connectivity index (χ3v) is 4.60. The van der Waals surface area contributed by atoms with Gasteiger partial charge in [0.15, 0.2) is 0 Å². The molecule has 2 rings (SSSR count). The molecule has 0 spiro atoms. The van der Waals surface area contributed by atoms with E-state index >= 15 is 0 Å². The number of hydrogen-bond donors (Lipinski definition) is 3. The van der Waals surface area contributed by atoms with Crippen molar-refractivity contribution >= 4 is 12.6 Å². The van der Waals surface area contributed by atoms with E-state index in [9.17, 15) is 0 Å². The quantitative estimate of drug-likeness (QED) is 0.461. The number of thiol groups is 1. The van der Waals surface area contributed by atoms with Crippen LogP contribution >= 0.6 is 12.6 Å². The summed E-state index contributed by atoms with van der Waals surface area (Å²) >= 11 is 4.08. The van der Waals surface area contributed by atoms with E-state index in [2.05, 4.69) is 54.2 Å². The molecule has 0 saturated carbocycles. The molecule has 0 aliphatic heterocycles. The first-order valence-corrected chi connectivity index (χ1v) is 8.40. The summed E-state index contributed by atoms with van der Waals surface area (Å²) in [7, 11) is 0. The van der Waals surface area contributed by atoms with Gasteiger partial charge < -0.3 is 11.5 Å². The molecule has 4 N–H and O–H groups in total. The van der Waals surface area contributed by atoms with Crippen LogP contribution in [0.2, 0.25) is 0 Å². The Bertz CT molecular complexity index is 491. The summed E-state index contributed by atoms with van der Waals surface area (Å²) in [4.78, 5) is 1.02. The average Bonchev–Trinajstić information content (AvgIpc) is 2.58. The summed E-state index contributed by atoms with van der Waals surface area (Å²) in [5.74, 6) is 0. The van der Waals surface area contributed by atoms with Crippen molar-refractivity contribution in [3.05, 3.63) is 63.7 Å². The van der Waals surface area contributed by atoms with E-state index in [0.717, 1.165) is 4.90 Å². The molecule has 0 aliphatic rings. The normalized spacial score (nSPS) is 9.04. The van der Waals surface area contributed by atoms with Gasteiger partial charge in [-0.15, -0.1) is 12.6 Å². The molecular formula is C20H32N2RuS+2. The van der Waals surface area contributed by atoms with Crippen molar-refractivity contribution in [1.82, 2.24) is 0 Å². The first-order chi connectivity index (χ1) is 10.8. The van der Waals surface area contributed by atoms with Crippen LogP contribution in [0.1, 0.15) is 33.4 Å². The monoisotopic (exact) mass is 434 g/mol. The maximum Gasteiger partial charge on any atom is 2.00 e. The molecule has 0 amide bonds. The van der Waals surface area contributed by atoms with E-state index in [1.807, 2.05) is 30.3 Å². The van der Waals surface area contributed by atoms with Crippen molar-refractivity contribution in [2.75, 3.05) is 13.1 Å². The third-order valence-electron chi connectivity index (χ3n) is 4.30. The van der Waals surface area contributed by atoms with Crippen molar-refractivity contribution in [3.63, 3.8) is 0 Å². The topological polar surface area (TPSA) is 52.0 Å². The van der Waals surface area contributed by atoms with Gasteiger partial charge in [0.1, 0.15) is 0 Å². The molecule has 0 saturated heterocycles. The van der Waals surface area contributed by atoms with Crippen LogP contribution in [-0.2, 0) is 19.5 Å². The number of benzene rings is 2. The zero-order chi connectivity index (χ0) is 18.0. The van der Waals surface area contributed by atoms with Gasteiger partial charge in [0.2, 0.25) is 0 Å². The minimum absolute atomic E-state index is 0. The molecular weight excluding hydrogens is 401 g/mol. The third kappa shape index (κ3) is 8.44. The van der Waals surface area contributed by atoms with E-state index in [1.165, 1.54) is 33.4 Å². The van der Waals surface area contributed by atoms with Crippen LogP contribution < -0.4 is 11.5 Å². The second kappa shape index (κ2) is 13.6. The summed E-state index contributed by atoms with van der Waals surface area (Å²) in [6.07, 6.45) is 0. The fourth-order valence-electron chi connectivity index (χ4n) is 2.12. The molecule has 2 aromatic carbocycles. The van der Waals surface area contributed by atoms with Gasteiger partial charge in [0, 0.05) is 18.0 Å². The number of nitrogens with two attached hydrogens (primary N) is 2. The Labute approximate surface area is 166 Å². The van der Waals surface area contributed by atoms with Crippen molar-refractivity contribution in [1.29, 1.82) is 0 Å². The summed E-state index contributed by atoms with van der Waals surface area (Å²) < 4.78 is 0. The van der Waals surface area contributed by atoms with E-state index in [-0.39, 0.29) is 19.5 Å². The fourth-order valence-corrected chi connectivity index (χ4v) is 2.29. The van der Waals surface area contributed by atoms with Gasteiger partial charge in [-0.25, -0.2) is 0 Å². The molecule has 2 aromatic rings. The van der Waals surface area contributed by atoms with Gasteiger partial charge in [0.25, 0.3) is 0 Å². The second-order valence-corrected chi connectivity index (χ2v) is 6.18. The molecule has 4 heteroatoms. The smallest absolute Gasteiger partial charge is 0.329 e. The summed E-state index contributed by atoms with van der Waals surface area (Å²) in [6.45, 7) is 14.5. The molecule has 0 bridgehead atoms. The summed E-state index contributed by atoms with van der Waals surface area (Å²) in [5.41, 5.74) is 18.5. The fraction of sp³-hybridized carbons (Fsp3) is 0.400. The average molecular weight is 434 g/mol. The van der Waals surface area contributed by atoms with Crippen LogP contribution in [0.5, 0.6) is 0 Å². The van der Waals surface area contributed by atoms with Gasteiger partial charge in [0.05, 0.1) is 0 Å². The second-order valence-electron chi connectivity index (χ2n) is 5.66. The zero-order valence-electron chi connectivity index (χ0n) is 15.8. The van der Waals surface area contributed by atoms with Crippen LogP contribution in [0.25, 0.3) is 0 Å². The molecule has 0 aromatic heterocycles. The maximum absolute atomic E-state index is 4.90. The molecule has 0 fully saturated rings. The van der Waals surface area contributed by atoms with Crippen LogP contribution in [-0.4, -0.2) is 13.1 Å². The van der Waals surface area contributed by atoms with Crippen molar-refractivity contribution in [2.45, 2.75) is 46.4 Å². The molecule has 0 unspecified atom stereocenters. The standard InChI is InChI=1S/C12H18.C6H6S.C2H8N2.Ru/c1-7-8(2)10(4)12(6)11(5)9(7)3;7-6-4-2-1-3-5-6;3-1-2-4;/h1-6H3;1-5,7H;1-4H2;/q;;;+2. The summed E-state index contributed by atoms with van der Waals surface area (Å²) in [5, 5.41) is 0. The minimum Gasteiger partial charge on any atom is -0.329 e. The van der Waals surface area contributed by atoms with Gasteiger partial charge in [-0.05, 0) is 87.1 Å². The zero-order valence-corrected chi connectivity index (χ0v) is 18.4. The van der Waals surface area contributed by atoms with Crippen molar-refractivity contribution in [2.24, 2.45) is 11.5 Å². The Morgan fingerprint density at radius 3 is 1.00 bits per heavy atom. The van der Waals surface area contributed by atoms with Crippen LogP contribution in [0.4, 0.5) is 0 Å². The molecule has 0 atom stereocenters. The molecule has 0 aliphatic carbocycles. The Kier molecular flexibility index (Phi) is 14.5. The SMILES string of the molecule is Cc1c(C)c(C)c(C)c(C)c1C.NCCN.Sc1ccccc1.[Ru+2]. The first kappa shape index (κ1) is 25.6. The Morgan fingerprint density at radius 2 is 0.875 bits per heavy atom. The predicted molar refractivity (Wildman–Crippen MR) is 107 cm³/mol. The van der Waals surface area contributed by atoms with Crippen LogP contribution in [0.15, 0.2) is 35.2 Å². The van der Waals surface area contributed by atoms with Crippen LogP contribution in [0.3, 0.4) is 0 Å². The van der Waals surface area contributed by atoms with Crippen LogP contribution in [0, 0.1) is 41.5 Å².